The van der Waals surface area contributed by atoms with Gasteiger partial charge in [-0.1, -0.05) is 18.2 Å². The zero-order chi connectivity index (χ0) is 17.8. The third kappa shape index (κ3) is 3.99. The minimum atomic E-state index is -0.951. The van der Waals surface area contributed by atoms with E-state index in [9.17, 15) is 14.4 Å². The number of aryl methyl sites for hydroxylation is 1. The molecule has 0 aliphatic carbocycles. The number of carbonyl (C=O) groups is 3. The van der Waals surface area contributed by atoms with Gasteiger partial charge in [-0.15, -0.1) is 0 Å². The molecule has 0 radical (unpaired) electrons. The van der Waals surface area contributed by atoms with Gasteiger partial charge in [0.2, 0.25) is 11.8 Å². The molecule has 1 atom stereocenters. The summed E-state index contributed by atoms with van der Waals surface area (Å²) in [6.45, 7) is 1.35. The normalized spacial score (nSPS) is 20.3. The molecule has 0 saturated carbocycles. The molecule has 2 aliphatic heterocycles. The first-order valence-electron chi connectivity index (χ1n) is 8.53. The summed E-state index contributed by atoms with van der Waals surface area (Å²) in [5, 5.41) is 9.00. The van der Waals surface area contributed by atoms with Crippen LogP contribution in [0.2, 0.25) is 0 Å². The number of carbonyl (C=O) groups excluding carboxylic acids is 2. The highest BCUT2D eigenvalue weighted by molar-refractivity contribution is 5.97. The molecule has 134 valence electrons. The smallest absolute Gasteiger partial charge is 0.305 e. The van der Waals surface area contributed by atoms with E-state index in [0.29, 0.717) is 26.1 Å². The van der Waals surface area contributed by atoms with Gasteiger partial charge in [-0.05, 0) is 18.1 Å². The maximum Gasteiger partial charge on any atom is 0.305 e. The Balaban J connectivity index is 1.65. The highest BCUT2D eigenvalue weighted by atomic mass is 16.5. The summed E-state index contributed by atoms with van der Waals surface area (Å²) in [7, 11) is 0. The minimum absolute atomic E-state index is 0.0237. The molecule has 2 amide bonds. The van der Waals surface area contributed by atoms with Gasteiger partial charge in [-0.2, -0.15) is 0 Å². The van der Waals surface area contributed by atoms with E-state index in [1.807, 2.05) is 24.3 Å². The summed E-state index contributed by atoms with van der Waals surface area (Å²) in [5.74, 6) is -1.06. The zero-order valence-corrected chi connectivity index (χ0v) is 14.0. The number of morpholine rings is 1. The van der Waals surface area contributed by atoms with E-state index in [4.69, 9.17) is 9.84 Å². The number of carboxylic acids is 1. The van der Waals surface area contributed by atoms with Gasteiger partial charge in [0.05, 0.1) is 25.7 Å². The van der Waals surface area contributed by atoms with E-state index >= 15 is 0 Å². The molecular weight excluding hydrogens is 324 g/mol. The molecule has 1 fully saturated rings. The number of ether oxygens (including phenoxy) is 1. The Labute approximate surface area is 146 Å². The molecule has 7 nitrogen and oxygen atoms in total. The van der Waals surface area contributed by atoms with Crippen LogP contribution in [-0.2, 0) is 25.5 Å². The third-order valence-electron chi connectivity index (χ3n) is 4.70. The van der Waals surface area contributed by atoms with Gasteiger partial charge in [0.15, 0.2) is 0 Å². The third-order valence-corrected chi connectivity index (χ3v) is 4.70. The molecule has 1 N–H and O–H groups in total. The van der Waals surface area contributed by atoms with Crippen molar-refractivity contribution in [1.82, 2.24) is 4.90 Å². The first-order chi connectivity index (χ1) is 12.1. The minimum Gasteiger partial charge on any atom is -0.481 e. The second-order valence-corrected chi connectivity index (χ2v) is 6.34. The van der Waals surface area contributed by atoms with Crippen LogP contribution in [0, 0.1) is 0 Å². The van der Waals surface area contributed by atoms with Gasteiger partial charge in [0.25, 0.3) is 0 Å². The van der Waals surface area contributed by atoms with Crippen LogP contribution in [0.15, 0.2) is 24.3 Å². The number of rotatable bonds is 5. The molecule has 1 aromatic rings. The van der Waals surface area contributed by atoms with Crippen LogP contribution in [0.1, 0.15) is 24.8 Å². The molecule has 3 rings (SSSR count). The number of fused-ring (bicyclic) bond motifs is 1. The second kappa shape index (κ2) is 7.65. The first kappa shape index (κ1) is 17.4. The number of anilines is 1. The van der Waals surface area contributed by atoms with Gasteiger partial charge in [-0.3, -0.25) is 14.4 Å². The van der Waals surface area contributed by atoms with Crippen molar-refractivity contribution in [3.8, 4) is 0 Å². The molecule has 1 unspecified atom stereocenters. The summed E-state index contributed by atoms with van der Waals surface area (Å²) in [6, 6.07) is 7.29. The van der Waals surface area contributed by atoms with E-state index < -0.39 is 12.0 Å². The molecule has 0 aromatic heterocycles. The topological polar surface area (TPSA) is 87.2 Å². The maximum atomic E-state index is 12.6. The summed E-state index contributed by atoms with van der Waals surface area (Å²) in [5.41, 5.74) is 1.99. The van der Waals surface area contributed by atoms with Gasteiger partial charge in [0.1, 0.15) is 0 Å². The van der Waals surface area contributed by atoms with Crippen LogP contribution in [-0.4, -0.2) is 60.1 Å². The molecule has 25 heavy (non-hydrogen) atoms. The molecule has 2 heterocycles. The number of aliphatic carboxylic acids is 1. The number of nitrogens with zero attached hydrogens (tertiary/aromatic N) is 2. The van der Waals surface area contributed by atoms with Crippen molar-refractivity contribution >= 4 is 23.5 Å². The lowest BCUT2D eigenvalue weighted by molar-refractivity contribution is -0.146. The predicted octanol–water partition coefficient (Wildman–Crippen LogP) is 1.06. The average Bonchev–Trinajstić information content (AvgIpc) is 2.60. The van der Waals surface area contributed by atoms with Crippen LogP contribution < -0.4 is 4.90 Å². The van der Waals surface area contributed by atoms with Crippen molar-refractivity contribution in [2.45, 2.75) is 31.7 Å². The second-order valence-electron chi connectivity index (χ2n) is 6.34. The Morgan fingerprint density at radius 3 is 2.84 bits per heavy atom. The van der Waals surface area contributed by atoms with Crippen molar-refractivity contribution in [3.63, 3.8) is 0 Å². The van der Waals surface area contributed by atoms with E-state index in [1.54, 1.807) is 9.80 Å². The summed E-state index contributed by atoms with van der Waals surface area (Å²) < 4.78 is 5.30. The van der Waals surface area contributed by atoms with Crippen molar-refractivity contribution in [3.05, 3.63) is 29.8 Å². The van der Waals surface area contributed by atoms with E-state index in [-0.39, 0.29) is 31.3 Å². The Hall–Kier alpha value is -2.41. The van der Waals surface area contributed by atoms with Gasteiger partial charge in [0, 0.05) is 31.6 Å². The predicted molar refractivity (Wildman–Crippen MR) is 90.3 cm³/mol. The van der Waals surface area contributed by atoms with E-state index in [2.05, 4.69) is 0 Å². The number of amides is 2. The number of para-hydroxylation sites is 1. The lowest BCUT2D eigenvalue weighted by Crippen LogP contribution is -2.50. The summed E-state index contributed by atoms with van der Waals surface area (Å²) in [6.07, 6.45) is 1.22. The fourth-order valence-corrected chi connectivity index (χ4v) is 3.45. The quantitative estimate of drug-likeness (QED) is 0.861. The zero-order valence-electron chi connectivity index (χ0n) is 14.0. The van der Waals surface area contributed by atoms with Crippen molar-refractivity contribution in [2.75, 3.05) is 31.2 Å². The fourth-order valence-electron chi connectivity index (χ4n) is 3.45. The number of hydrogen-bond donors (Lipinski definition) is 1. The summed E-state index contributed by atoms with van der Waals surface area (Å²) in [4.78, 5) is 39.1. The molecule has 2 aliphatic rings. The lowest BCUT2D eigenvalue weighted by atomic mass is 10.0. The SMILES string of the molecule is O=C(O)CC1COCCN1C(=O)CCN1C(=O)CCc2ccccc21. The Morgan fingerprint density at radius 2 is 2.04 bits per heavy atom. The van der Waals surface area contributed by atoms with Gasteiger partial charge in [-0.25, -0.2) is 0 Å². The Kier molecular flexibility index (Phi) is 5.33. The van der Waals surface area contributed by atoms with E-state index in [1.165, 1.54) is 0 Å². The van der Waals surface area contributed by atoms with Crippen LogP contribution in [0.25, 0.3) is 0 Å². The molecule has 1 saturated heterocycles. The highest BCUT2D eigenvalue weighted by Crippen LogP contribution is 2.27. The summed E-state index contributed by atoms with van der Waals surface area (Å²) >= 11 is 0. The number of benzene rings is 1. The molecule has 7 heteroatoms. The van der Waals surface area contributed by atoms with Gasteiger partial charge >= 0.3 is 5.97 Å². The molecule has 1 aromatic carbocycles. The van der Waals surface area contributed by atoms with Crippen LogP contribution in [0.3, 0.4) is 0 Å². The van der Waals surface area contributed by atoms with Crippen molar-refractivity contribution in [2.24, 2.45) is 0 Å². The lowest BCUT2D eigenvalue weighted by Gasteiger charge is -2.36. The van der Waals surface area contributed by atoms with Crippen molar-refractivity contribution < 1.29 is 24.2 Å². The van der Waals surface area contributed by atoms with Crippen LogP contribution >= 0.6 is 0 Å². The molecule has 0 bridgehead atoms. The highest BCUT2D eigenvalue weighted by Gasteiger charge is 2.30. The standard InChI is InChI=1S/C18H22N2O5/c21-16-6-5-13-3-1-2-4-15(13)20(16)8-7-17(22)19-9-10-25-12-14(19)11-18(23)24/h1-4,14H,5-12H2,(H,23,24). The average molecular weight is 346 g/mol. The van der Waals surface area contributed by atoms with Crippen LogP contribution in [0.5, 0.6) is 0 Å². The first-order valence-corrected chi connectivity index (χ1v) is 8.53. The number of carboxylic acid groups (broad SMARTS) is 1. The Morgan fingerprint density at radius 1 is 1.24 bits per heavy atom. The van der Waals surface area contributed by atoms with Gasteiger partial charge < -0.3 is 19.6 Å². The van der Waals surface area contributed by atoms with Crippen molar-refractivity contribution in [1.29, 1.82) is 0 Å². The fraction of sp³-hybridized carbons (Fsp3) is 0.500. The molecular formula is C18H22N2O5. The monoisotopic (exact) mass is 346 g/mol. The molecule has 0 spiro atoms. The largest absolute Gasteiger partial charge is 0.481 e. The van der Waals surface area contributed by atoms with Crippen LogP contribution in [0.4, 0.5) is 5.69 Å². The maximum absolute atomic E-state index is 12.6. The van der Waals surface area contributed by atoms with E-state index in [0.717, 1.165) is 17.7 Å². The number of hydrogen-bond acceptors (Lipinski definition) is 4. The Bertz CT molecular complexity index is 675.